The van der Waals surface area contributed by atoms with Crippen molar-refractivity contribution >= 4 is 5.69 Å². The van der Waals surface area contributed by atoms with Gasteiger partial charge in [-0.1, -0.05) is 62.9 Å². The molecule has 0 N–H and O–H groups in total. The zero-order chi connectivity index (χ0) is 16.5. The molecule has 1 heteroatoms. The van der Waals surface area contributed by atoms with Crippen molar-refractivity contribution in [2.24, 2.45) is 5.92 Å². The molecule has 22 heavy (non-hydrogen) atoms. The summed E-state index contributed by atoms with van der Waals surface area (Å²) >= 11 is 0. The number of para-hydroxylation sites is 1. The van der Waals surface area contributed by atoms with Crippen LogP contribution in [0.2, 0.25) is 0 Å². The predicted molar refractivity (Wildman–Crippen MR) is 100 cm³/mol. The summed E-state index contributed by atoms with van der Waals surface area (Å²) in [6, 6.07) is 10.4. The summed E-state index contributed by atoms with van der Waals surface area (Å²) in [4.78, 5) is 2.22. The van der Waals surface area contributed by atoms with Gasteiger partial charge in [0.2, 0.25) is 0 Å². The van der Waals surface area contributed by atoms with E-state index in [2.05, 4.69) is 88.7 Å². The van der Waals surface area contributed by atoms with E-state index in [-0.39, 0.29) is 0 Å². The Hall–Kier alpha value is -2.02. The maximum atomic E-state index is 3.96. The van der Waals surface area contributed by atoms with Crippen LogP contribution in [0.3, 0.4) is 0 Å². The molecule has 0 heterocycles. The summed E-state index contributed by atoms with van der Waals surface area (Å²) in [5.74, 6) is 0.628. The van der Waals surface area contributed by atoms with Crippen LogP contribution >= 0.6 is 0 Å². The van der Waals surface area contributed by atoms with Crippen LogP contribution in [0.25, 0.3) is 0 Å². The smallest absolute Gasteiger partial charge is 0.0435 e. The minimum atomic E-state index is 0.628. The first-order chi connectivity index (χ1) is 10.5. The number of allylic oxidation sites excluding steroid dienone is 5. The summed E-state index contributed by atoms with van der Waals surface area (Å²) in [5, 5.41) is 0. The number of anilines is 1. The molecule has 0 bridgehead atoms. The summed E-state index contributed by atoms with van der Waals surface area (Å²) in [5.41, 5.74) is 4.90. The van der Waals surface area contributed by atoms with Crippen molar-refractivity contribution in [1.82, 2.24) is 0 Å². The van der Waals surface area contributed by atoms with Crippen molar-refractivity contribution < 1.29 is 0 Å². The monoisotopic (exact) mass is 295 g/mol. The minimum Gasteiger partial charge on any atom is -0.344 e. The molecule has 0 atom stereocenters. The van der Waals surface area contributed by atoms with Crippen molar-refractivity contribution in [1.29, 1.82) is 0 Å². The van der Waals surface area contributed by atoms with Crippen LogP contribution < -0.4 is 4.90 Å². The largest absolute Gasteiger partial charge is 0.344 e. The van der Waals surface area contributed by atoms with Gasteiger partial charge in [-0.25, -0.2) is 0 Å². The molecule has 1 rings (SSSR count). The van der Waals surface area contributed by atoms with Gasteiger partial charge in [-0.3, -0.25) is 0 Å². The molecule has 0 saturated heterocycles. The van der Waals surface area contributed by atoms with Crippen LogP contribution in [0.5, 0.6) is 0 Å². The molecule has 0 radical (unpaired) electrons. The van der Waals surface area contributed by atoms with Gasteiger partial charge in [0.1, 0.15) is 0 Å². The van der Waals surface area contributed by atoms with Gasteiger partial charge in [0.25, 0.3) is 0 Å². The molecule has 118 valence electrons. The molecular formula is C21H29N. The van der Waals surface area contributed by atoms with Gasteiger partial charge in [-0.2, -0.15) is 0 Å². The summed E-state index contributed by atoms with van der Waals surface area (Å²) < 4.78 is 0. The van der Waals surface area contributed by atoms with Crippen LogP contribution in [0.4, 0.5) is 5.69 Å². The summed E-state index contributed by atoms with van der Waals surface area (Å²) in [6.45, 7) is 12.6. The Labute approximate surface area is 136 Å². The second-order valence-corrected chi connectivity index (χ2v) is 5.83. The van der Waals surface area contributed by atoms with Gasteiger partial charge in [-0.15, -0.1) is 0 Å². The van der Waals surface area contributed by atoms with E-state index in [0.717, 1.165) is 6.42 Å². The number of hydrogen-bond donors (Lipinski definition) is 0. The third-order valence-corrected chi connectivity index (χ3v) is 3.63. The van der Waals surface area contributed by atoms with Crippen LogP contribution in [0.15, 0.2) is 78.1 Å². The Morgan fingerprint density at radius 3 is 2.23 bits per heavy atom. The first-order valence-electron chi connectivity index (χ1n) is 7.98. The molecular weight excluding hydrogens is 266 g/mol. The predicted octanol–water partition coefficient (Wildman–Crippen LogP) is 6.13. The molecule has 0 saturated carbocycles. The van der Waals surface area contributed by atoms with Gasteiger partial charge in [-0.05, 0) is 49.5 Å². The fraction of sp³-hybridized carbons (Fsp3) is 0.333. The number of nitrogens with zero attached hydrogens (tertiary/aromatic N) is 1. The Morgan fingerprint density at radius 1 is 1.14 bits per heavy atom. The lowest BCUT2D eigenvalue weighted by Crippen LogP contribution is -2.17. The number of benzene rings is 1. The first kappa shape index (κ1) is 18.0. The van der Waals surface area contributed by atoms with Crippen molar-refractivity contribution in [2.45, 2.75) is 34.1 Å². The number of rotatable bonds is 7. The molecule has 0 spiro atoms. The molecule has 0 unspecified atom stereocenters. The zero-order valence-corrected chi connectivity index (χ0v) is 14.6. The molecule has 0 aliphatic rings. The lowest BCUT2D eigenvalue weighted by Gasteiger charge is -2.24. The van der Waals surface area contributed by atoms with E-state index in [1.807, 2.05) is 12.1 Å². The Balaban J connectivity index is 3.11. The molecule has 0 amide bonds. The standard InChI is InChI=1S/C21H29N/c1-7-18(15-17(4)5)16-19(8-2)21(9-3)22(6)20-13-11-10-12-14-20/h7-14,16-17H,1,15H2,2-6H3/b18-16+,19-8+,21-9-. The second-order valence-electron chi connectivity index (χ2n) is 5.83. The zero-order valence-electron chi connectivity index (χ0n) is 14.6. The van der Waals surface area contributed by atoms with Crippen molar-refractivity contribution in [3.63, 3.8) is 0 Å². The SMILES string of the molecule is C=C\C(=C/C(=C\C)C(=C/C)/N(C)c1ccccc1)CC(C)C. The fourth-order valence-corrected chi connectivity index (χ4v) is 2.52. The van der Waals surface area contributed by atoms with Crippen LogP contribution in [0.1, 0.15) is 34.1 Å². The van der Waals surface area contributed by atoms with E-state index in [4.69, 9.17) is 0 Å². The first-order valence-corrected chi connectivity index (χ1v) is 7.98. The van der Waals surface area contributed by atoms with E-state index in [1.165, 1.54) is 22.5 Å². The fourth-order valence-electron chi connectivity index (χ4n) is 2.52. The van der Waals surface area contributed by atoms with Crippen molar-refractivity contribution in [3.05, 3.63) is 78.1 Å². The maximum Gasteiger partial charge on any atom is 0.0435 e. The Morgan fingerprint density at radius 2 is 1.77 bits per heavy atom. The van der Waals surface area contributed by atoms with E-state index < -0.39 is 0 Å². The van der Waals surface area contributed by atoms with Crippen LogP contribution in [-0.4, -0.2) is 7.05 Å². The highest BCUT2D eigenvalue weighted by Gasteiger charge is 2.10. The average Bonchev–Trinajstić information content (AvgIpc) is 2.53. The molecule has 0 aromatic heterocycles. The van der Waals surface area contributed by atoms with Gasteiger partial charge in [0.05, 0.1) is 0 Å². The van der Waals surface area contributed by atoms with E-state index in [0.29, 0.717) is 5.92 Å². The summed E-state index contributed by atoms with van der Waals surface area (Å²) in [6.07, 6.45) is 9.60. The highest BCUT2D eigenvalue weighted by molar-refractivity contribution is 5.58. The van der Waals surface area contributed by atoms with Crippen LogP contribution in [-0.2, 0) is 0 Å². The molecule has 0 aliphatic carbocycles. The lowest BCUT2D eigenvalue weighted by molar-refractivity contribution is 0.650. The molecule has 1 nitrogen and oxygen atoms in total. The van der Waals surface area contributed by atoms with E-state index >= 15 is 0 Å². The molecule has 1 aromatic rings. The summed E-state index contributed by atoms with van der Waals surface area (Å²) in [7, 11) is 2.11. The molecule has 0 fully saturated rings. The quantitative estimate of drug-likeness (QED) is 0.547. The van der Waals surface area contributed by atoms with Gasteiger partial charge in [0.15, 0.2) is 0 Å². The number of hydrogen-bond acceptors (Lipinski definition) is 1. The highest BCUT2D eigenvalue weighted by Crippen LogP contribution is 2.25. The number of likely N-dealkylation sites (N-methyl/N-ethyl adjacent to an activating group) is 1. The minimum absolute atomic E-state index is 0.628. The average molecular weight is 295 g/mol. The van der Waals surface area contributed by atoms with Crippen molar-refractivity contribution in [3.8, 4) is 0 Å². The lowest BCUT2D eigenvalue weighted by atomic mass is 9.99. The van der Waals surface area contributed by atoms with Crippen LogP contribution in [0, 0.1) is 5.92 Å². The van der Waals surface area contributed by atoms with Gasteiger partial charge in [0, 0.05) is 18.4 Å². The van der Waals surface area contributed by atoms with E-state index in [9.17, 15) is 0 Å². The van der Waals surface area contributed by atoms with Gasteiger partial charge < -0.3 is 4.90 Å². The molecule has 0 aliphatic heterocycles. The topological polar surface area (TPSA) is 3.24 Å². The maximum absolute atomic E-state index is 3.96. The Bertz CT molecular complexity index is 559. The Kier molecular flexibility index (Phi) is 7.45. The second kappa shape index (κ2) is 9.09. The van der Waals surface area contributed by atoms with E-state index in [1.54, 1.807) is 0 Å². The van der Waals surface area contributed by atoms with Crippen molar-refractivity contribution in [2.75, 3.05) is 11.9 Å². The normalized spacial score (nSPS) is 13.5. The molecule has 1 aromatic carbocycles. The third-order valence-electron chi connectivity index (χ3n) is 3.63. The highest BCUT2D eigenvalue weighted by atomic mass is 15.1. The van der Waals surface area contributed by atoms with Gasteiger partial charge >= 0.3 is 0 Å². The third kappa shape index (κ3) is 5.07.